The molecule has 0 radical (unpaired) electrons. The van der Waals surface area contributed by atoms with Crippen molar-refractivity contribution in [2.24, 2.45) is 0 Å². The number of rotatable bonds is 6. The smallest absolute Gasteiger partial charge is 0.101 e. The Morgan fingerprint density at radius 3 is 1.37 bits per heavy atom. The van der Waals surface area contributed by atoms with Crippen molar-refractivity contribution in [2.45, 2.75) is 0 Å². The van der Waals surface area contributed by atoms with Crippen LogP contribution in [0.1, 0.15) is 0 Å². The van der Waals surface area contributed by atoms with Crippen molar-refractivity contribution in [3.63, 3.8) is 0 Å². The molecule has 0 saturated carbocycles. The van der Waals surface area contributed by atoms with E-state index in [1.807, 2.05) is 0 Å². The van der Waals surface area contributed by atoms with Gasteiger partial charge in [0.05, 0.1) is 22.6 Å². The van der Waals surface area contributed by atoms with Gasteiger partial charge in [0.15, 0.2) is 0 Å². The molecule has 0 aliphatic rings. The van der Waals surface area contributed by atoms with Gasteiger partial charge in [-0.25, -0.2) is 9.67 Å². The molecule has 7 aromatic carbocycles. The third kappa shape index (κ3) is 5.09. The largest absolute Gasteiger partial charge is 0.248 e. The second kappa shape index (κ2) is 12.2. The van der Waals surface area contributed by atoms with E-state index in [-0.39, 0.29) is 0 Å². The van der Waals surface area contributed by atoms with E-state index in [0.29, 0.717) is 0 Å². The lowest BCUT2D eigenvalue weighted by atomic mass is 9.85. The summed E-state index contributed by atoms with van der Waals surface area (Å²) in [6, 6.07) is 66.1. The Hall–Kier alpha value is -6.58. The van der Waals surface area contributed by atoms with E-state index in [0.717, 1.165) is 83.4 Å². The third-order valence-electron chi connectivity index (χ3n) is 9.20. The van der Waals surface area contributed by atoms with Crippen LogP contribution in [0.25, 0.3) is 83.4 Å². The molecule has 3 heteroatoms. The van der Waals surface area contributed by atoms with Crippen LogP contribution in [-0.2, 0) is 0 Å². The number of pyridine rings is 1. The van der Waals surface area contributed by atoms with Crippen molar-refractivity contribution in [1.82, 2.24) is 14.8 Å². The van der Waals surface area contributed by atoms with Gasteiger partial charge in [-0.2, -0.15) is 5.10 Å². The topological polar surface area (TPSA) is 30.7 Å². The Balaban J connectivity index is 1.49. The van der Waals surface area contributed by atoms with Gasteiger partial charge < -0.3 is 0 Å². The molecule has 0 atom stereocenters. The van der Waals surface area contributed by atoms with Gasteiger partial charge >= 0.3 is 0 Å². The summed E-state index contributed by atoms with van der Waals surface area (Å²) in [5, 5.41) is 8.86. The molecule has 0 spiro atoms. The molecule has 0 amide bonds. The summed E-state index contributed by atoms with van der Waals surface area (Å²) in [5.41, 5.74) is 12.7. The van der Waals surface area contributed by atoms with Crippen LogP contribution in [0.2, 0.25) is 0 Å². The summed E-state index contributed by atoms with van der Waals surface area (Å²) in [5.74, 6) is 0. The van der Waals surface area contributed by atoms with Crippen molar-refractivity contribution < 1.29 is 0 Å². The molecule has 2 aromatic heterocycles. The summed E-state index contributed by atoms with van der Waals surface area (Å²) in [4.78, 5) is 5.24. The molecule has 0 N–H and O–H groups in total. The molecular weight excluding hydrogens is 595 g/mol. The monoisotopic (exact) mass is 625 g/mol. The summed E-state index contributed by atoms with van der Waals surface area (Å²) in [6.45, 7) is 0. The van der Waals surface area contributed by atoms with Crippen molar-refractivity contribution >= 4 is 21.7 Å². The average molecular weight is 626 g/mol. The first kappa shape index (κ1) is 28.6. The minimum absolute atomic E-state index is 0.934. The highest BCUT2D eigenvalue weighted by Crippen LogP contribution is 2.49. The average Bonchev–Trinajstić information content (AvgIpc) is 3.60. The summed E-state index contributed by atoms with van der Waals surface area (Å²) in [7, 11) is 0. The van der Waals surface area contributed by atoms with Gasteiger partial charge in [0.25, 0.3) is 0 Å². The number of para-hydroxylation sites is 1. The predicted octanol–water partition coefficient (Wildman–Crippen LogP) is 11.9. The fourth-order valence-corrected chi connectivity index (χ4v) is 7.01. The number of hydrogen-bond acceptors (Lipinski definition) is 2. The Bertz CT molecular complexity index is 2500. The van der Waals surface area contributed by atoms with Crippen LogP contribution in [0.5, 0.6) is 0 Å². The second-order valence-electron chi connectivity index (χ2n) is 12.2. The highest BCUT2D eigenvalue weighted by molar-refractivity contribution is 6.24. The fourth-order valence-electron chi connectivity index (χ4n) is 7.01. The SMILES string of the molecule is c1ccc(-c2cc(-c3c(-c4ccccc4)c4c(-c5ccccc5)nn(-c5ccccc5)c4c4ccccc34)cc(-c3ccccc3)n2)cc1. The standard InChI is InChI=1S/C46H31N3/c1-6-18-32(19-7-1)40-30-36(31-41(47-40)33-20-8-2-9-21-33)42-38-28-16-17-29-39(38)46-44(43(42)34-22-10-3-11-23-34)45(35-24-12-4-13-25-35)48-49(46)37-26-14-5-15-27-37/h1-31H. The van der Waals surface area contributed by atoms with Crippen molar-refractivity contribution in [3.8, 4) is 61.7 Å². The maximum absolute atomic E-state index is 5.44. The highest BCUT2D eigenvalue weighted by Gasteiger charge is 2.26. The maximum Gasteiger partial charge on any atom is 0.101 e. The minimum Gasteiger partial charge on any atom is -0.248 e. The summed E-state index contributed by atoms with van der Waals surface area (Å²) >= 11 is 0. The molecule has 49 heavy (non-hydrogen) atoms. The molecule has 0 saturated heterocycles. The van der Waals surface area contributed by atoms with Crippen LogP contribution >= 0.6 is 0 Å². The van der Waals surface area contributed by atoms with Gasteiger partial charge in [-0.3, -0.25) is 0 Å². The van der Waals surface area contributed by atoms with Crippen LogP contribution in [-0.4, -0.2) is 14.8 Å². The Morgan fingerprint density at radius 1 is 0.367 bits per heavy atom. The molecule has 9 aromatic rings. The molecule has 0 aliphatic carbocycles. The van der Waals surface area contributed by atoms with E-state index in [9.17, 15) is 0 Å². The lowest BCUT2D eigenvalue weighted by molar-refractivity contribution is 0.918. The highest BCUT2D eigenvalue weighted by atomic mass is 15.3. The normalized spacial score (nSPS) is 11.3. The molecule has 3 nitrogen and oxygen atoms in total. The van der Waals surface area contributed by atoms with Crippen molar-refractivity contribution in [2.75, 3.05) is 0 Å². The van der Waals surface area contributed by atoms with Crippen LogP contribution in [0.4, 0.5) is 0 Å². The number of benzene rings is 7. The van der Waals surface area contributed by atoms with E-state index in [1.165, 1.54) is 0 Å². The molecule has 0 unspecified atom stereocenters. The molecular formula is C46H31N3. The second-order valence-corrected chi connectivity index (χ2v) is 12.2. The Kier molecular flexibility index (Phi) is 7.14. The van der Waals surface area contributed by atoms with Gasteiger partial charge in [-0.1, -0.05) is 164 Å². The van der Waals surface area contributed by atoms with Gasteiger partial charge in [0.1, 0.15) is 5.69 Å². The number of hydrogen-bond donors (Lipinski definition) is 0. The predicted molar refractivity (Wildman–Crippen MR) is 204 cm³/mol. The number of nitrogens with zero attached hydrogens (tertiary/aromatic N) is 3. The van der Waals surface area contributed by atoms with Crippen LogP contribution in [0, 0.1) is 0 Å². The molecule has 230 valence electrons. The Labute approximate surface area is 285 Å². The maximum atomic E-state index is 5.44. The van der Waals surface area contributed by atoms with Gasteiger partial charge in [0.2, 0.25) is 0 Å². The van der Waals surface area contributed by atoms with Crippen molar-refractivity contribution in [1.29, 1.82) is 0 Å². The van der Waals surface area contributed by atoms with E-state index in [2.05, 4.69) is 193 Å². The van der Waals surface area contributed by atoms with E-state index in [1.54, 1.807) is 0 Å². The van der Waals surface area contributed by atoms with E-state index >= 15 is 0 Å². The molecule has 0 aliphatic heterocycles. The zero-order valence-corrected chi connectivity index (χ0v) is 26.7. The fraction of sp³-hybridized carbons (Fsp3) is 0. The summed E-state index contributed by atoms with van der Waals surface area (Å²) < 4.78 is 2.13. The lowest BCUT2D eigenvalue weighted by Gasteiger charge is -2.19. The summed E-state index contributed by atoms with van der Waals surface area (Å²) in [6.07, 6.45) is 0. The molecule has 2 heterocycles. The molecule has 0 fully saturated rings. The number of aromatic nitrogens is 3. The van der Waals surface area contributed by atoms with Crippen molar-refractivity contribution in [3.05, 3.63) is 188 Å². The van der Waals surface area contributed by atoms with Crippen LogP contribution in [0.15, 0.2) is 188 Å². The zero-order valence-electron chi connectivity index (χ0n) is 26.7. The van der Waals surface area contributed by atoms with Gasteiger partial charge in [-0.15, -0.1) is 0 Å². The minimum atomic E-state index is 0.934. The first-order valence-corrected chi connectivity index (χ1v) is 16.6. The quantitative estimate of drug-likeness (QED) is 0.184. The van der Waals surface area contributed by atoms with E-state index < -0.39 is 0 Å². The lowest BCUT2D eigenvalue weighted by Crippen LogP contribution is -1.98. The zero-order chi connectivity index (χ0) is 32.6. The first-order chi connectivity index (χ1) is 24.3. The first-order valence-electron chi connectivity index (χ1n) is 16.6. The van der Waals surface area contributed by atoms with Crippen LogP contribution < -0.4 is 0 Å². The molecule has 0 bridgehead atoms. The van der Waals surface area contributed by atoms with Gasteiger partial charge in [0, 0.05) is 33.0 Å². The van der Waals surface area contributed by atoms with Gasteiger partial charge in [-0.05, 0) is 46.3 Å². The number of fused-ring (bicyclic) bond motifs is 3. The molecule has 9 rings (SSSR count). The van der Waals surface area contributed by atoms with E-state index in [4.69, 9.17) is 10.1 Å². The Morgan fingerprint density at radius 2 is 0.816 bits per heavy atom. The van der Waals surface area contributed by atoms with Crippen LogP contribution in [0.3, 0.4) is 0 Å². The third-order valence-corrected chi connectivity index (χ3v) is 9.20.